The molecule has 0 atom stereocenters. The first-order valence-corrected chi connectivity index (χ1v) is 13.1. The Labute approximate surface area is 197 Å². The van der Waals surface area contributed by atoms with Crippen molar-refractivity contribution in [3.63, 3.8) is 0 Å². The van der Waals surface area contributed by atoms with Crippen molar-refractivity contribution in [3.05, 3.63) is 143 Å². The van der Waals surface area contributed by atoms with Crippen LogP contribution in [-0.4, -0.2) is 0 Å². The predicted molar refractivity (Wildman–Crippen MR) is 142 cm³/mol. The first-order valence-electron chi connectivity index (χ1n) is 11.0. The van der Waals surface area contributed by atoms with E-state index in [4.69, 9.17) is 0 Å². The first kappa shape index (κ1) is 19.7. The summed E-state index contributed by atoms with van der Waals surface area (Å²) in [5.41, 5.74) is 11.2. The standard InChI is InChI=1S/C30H22S2/c1-3-11-21(12-4-1)27-19-23-15-7-9-17-25(23)29(27)31-32-30-26-18-10-8-16-24(26)20-28(30)22-13-5-2-6-14-22/h1-18H,19-20H2. The van der Waals surface area contributed by atoms with Gasteiger partial charge in [0.05, 0.1) is 0 Å². The Bertz CT molecular complexity index is 1240. The molecule has 0 saturated heterocycles. The fourth-order valence-electron chi connectivity index (χ4n) is 4.68. The predicted octanol–water partition coefficient (Wildman–Crippen LogP) is 8.62. The lowest BCUT2D eigenvalue weighted by molar-refractivity contribution is 1.32. The lowest BCUT2D eigenvalue weighted by Crippen LogP contribution is -1.85. The van der Waals surface area contributed by atoms with Gasteiger partial charge in [0.15, 0.2) is 0 Å². The van der Waals surface area contributed by atoms with Crippen molar-refractivity contribution >= 4 is 42.5 Å². The highest BCUT2D eigenvalue weighted by molar-refractivity contribution is 8.83. The fraction of sp³-hybridized carbons (Fsp3) is 0.0667. The first-order chi connectivity index (χ1) is 15.9. The minimum Gasteiger partial charge on any atom is -0.0622 e. The molecule has 0 radical (unpaired) electrons. The molecule has 0 unspecified atom stereocenters. The molecule has 0 aromatic heterocycles. The third-order valence-corrected chi connectivity index (χ3v) is 8.86. The van der Waals surface area contributed by atoms with E-state index in [9.17, 15) is 0 Å². The average molecular weight is 447 g/mol. The normalized spacial score (nSPS) is 14.6. The molecule has 2 heteroatoms. The number of benzene rings is 4. The van der Waals surface area contributed by atoms with Crippen molar-refractivity contribution in [2.75, 3.05) is 0 Å². The van der Waals surface area contributed by atoms with Gasteiger partial charge in [0.1, 0.15) is 0 Å². The lowest BCUT2D eigenvalue weighted by atomic mass is 10.0. The van der Waals surface area contributed by atoms with Crippen LogP contribution in [0.15, 0.2) is 109 Å². The highest BCUT2D eigenvalue weighted by Crippen LogP contribution is 2.56. The molecule has 32 heavy (non-hydrogen) atoms. The van der Waals surface area contributed by atoms with Crippen LogP contribution in [0.25, 0.3) is 21.0 Å². The maximum Gasteiger partial charge on any atom is 0.0303 e. The SMILES string of the molecule is c1ccc(C2=C(SSC3=C(c4ccccc4)Cc4ccccc43)c3ccccc3C2)cc1. The van der Waals surface area contributed by atoms with Crippen LogP contribution in [0.4, 0.5) is 0 Å². The largest absolute Gasteiger partial charge is 0.0622 e. The van der Waals surface area contributed by atoms with Gasteiger partial charge < -0.3 is 0 Å². The van der Waals surface area contributed by atoms with Gasteiger partial charge in [-0.1, -0.05) is 131 Å². The maximum atomic E-state index is 2.28. The Morgan fingerprint density at radius 2 is 0.781 bits per heavy atom. The second-order valence-corrected chi connectivity index (χ2v) is 10.3. The van der Waals surface area contributed by atoms with E-state index in [1.165, 1.54) is 54.3 Å². The summed E-state index contributed by atoms with van der Waals surface area (Å²) in [5, 5.41) is 0. The van der Waals surface area contributed by atoms with Gasteiger partial charge >= 0.3 is 0 Å². The Kier molecular flexibility index (Phi) is 5.26. The van der Waals surface area contributed by atoms with Crippen LogP contribution in [0, 0.1) is 0 Å². The highest BCUT2D eigenvalue weighted by Gasteiger charge is 2.27. The molecule has 0 heterocycles. The molecule has 2 aliphatic rings. The summed E-state index contributed by atoms with van der Waals surface area (Å²) >= 11 is 0. The Morgan fingerprint density at radius 1 is 0.406 bits per heavy atom. The van der Waals surface area contributed by atoms with E-state index in [0.717, 1.165) is 12.8 Å². The van der Waals surface area contributed by atoms with E-state index in [0.29, 0.717) is 0 Å². The molecule has 4 aromatic carbocycles. The van der Waals surface area contributed by atoms with Crippen LogP contribution in [0.3, 0.4) is 0 Å². The van der Waals surface area contributed by atoms with Crippen molar-refractivity contribution in [3.8, 4) is 0 Å². The van der Waals surface area contributed by atoms with Crippen molar-refractivity contribution in [1.82, 2.24) is 0 Å². The maximum absolute atomic E-state index is 2.28. The molecule has 0 bridgehead atoms. The summed E-state index contributed by atoms with van der Waals surface area (Å²) < 4.78 is 0. The zero-order chi connectivity index (χ0) is 21.3. The molecule has 6 rings (SSSR count). The lowest BCUT2D eigenvalue weighted by Gasteiger charge is -2.12. The van der Waals surface area contributed by atoms with Crippen molar-refractivity contribution in [1.29, 1.82) is 0 Å². The van der Waals surface area contributed by atoms with Gasteiger partial charge in [-0.15, -0.1) is 0 Å². The van der Waals surface area contributed by atoms with Crippen LogP contribution in [0.5, 0.6) is 0 Å². The number of allylic oxidation sites excluding steroid dienone is 2. The Balaban J connectivity index is 1.42. The topological polar surface area (TPSA) is 0 Å². The van der Waals surface area contributed by atoms with E-state index in [1.54, 1.807) is 0 Å². The minimum atomic E-state index is 1.00. The monoisotopic (exact) mass is 446 g/mol. The third-order valence-electron chi connectivity index (χ3n) is 6.26. The van der Waals surface area contributed by atoms with Gasteiger partial charge in [-0.3, -0.25) is 0 Å². The zero-order valence-corrected chi connectivity index (χ0v) is 19.3. The summed E-state index contributed by atoms with van der Waals surface area (Å²) in [5.74, 6) is 0. The van der Waals surface area contributed by atoms with Crippen LogP contribution in [0.1, 0.15) is 33.4 Å². The van der Waals surface area contributed by atoms with Crippen molar-refractivity contribution in [2.24, 2.45) is 0 Å². The number of hydrogen-bond acceptors (Lipinski definition) is 2. The molecule has 4 aromatic rings. The summed E-state index contributed by atoms with van der Waals surface area (Å²) in [6, 6.07) is 39.5. The van der Waals surface area contributed by atoms with Gasteiger partial charge in [0.25, 0.3) is 0 Å². The average Bonchev–Trinajstić information content (AvgIpc) is 3.42. The molecule has 0 aliphatic heterocycles. The van der Waals surface area contributed by atoms with E-state index in [-0.39, 0.29) is 0 Å². The van der Waals surface area contributed by atoms with Crippen LogP contribution in [0.2, 0.25) is 0 Å². The molecule has 0 nitrogen and oxygen atoms in total. The fourth-order valence-corrected chi connectivity index (χ4v) is 7.65. The van der Waals surface area contributed by atoms with Crippen LogP contribution in [-0.2, 0) is 12.8 Å². The molecule has 0 N–H and O–H groups in total. The Morgan fingerprint density at radius 3 is 1.22 bits per heavy atom. The summed E-state index contributed by atoms with van der Waals surface area (Å²) in [6.45, 7) is 0. The van der Waals surface area contributed by atoms with Crippen molar-refractivity contribution < 1.29 is 0 Å². The van der Waals surface area contributed by atoms with Crippen molar-refractivity contribution in [2.45, 2.75) is 12.8 Å². The summed E-state index contributed by atoms with van der Waals surface area (Å²) in [7, 11) is 3.85. The third kappa shape index (κ3) is 3.54. The van der Waals surface area contributed by atoms with Gasteiger partial charge in [-0.2, -0.15) is 0 Å². The van der Waals surface area contributed by atoms with Gasteiger partial charge in [-0.25, -0.2) is 0 Å². The summed E-state index contributed by atoms with van der Waals surface area (Å²) in [4.78, 5) is 2.81. The van der Waals surface area contributed by atoms with Gasteiger partial charge in [0.2, 0.25) is 0 Å². The summed E-state index contributed by atoms with van der Waals surface area (Å²) in [6.07, 6.45) is 2.01. The van der Waals surface area contributed by atoms with Gasteiger partial charge in [-0.05, 0) is 57.4 Å². The smallest absolute Gasteiger partial charge is 0.0303 e. The molecule has 0 spiro atoms. The molecule has 2 aliphatic carbocycles. The highest BCUT2D eigenvalue weighted by atomic mass is 33.1. The van der Waals surface area contributed by atoms with E-state index in [2.05, 4.69) is 109 Å². The number of rotatable bonds is 5. The van der Waals surface area contributed by atoms with E-state index in [1.807, 2.05) is 21.6 Å². The second kappa shape index (κ2) is 8.54. The molecular weight excluding hydrogens is 424 g/mol. The quantitative estimate of drug-likeness (QED) is 0.281. The van der Waals surface area contributed by atoms with E-state index >= 15 is 0 Å². The Hall–Kier alpha value is -2.94. The molecule has 0 amide bonds. The second-order valence-electron chi connectivity index (χ2n) is 8.18. The zero-order valence-electron chi connectivity index (χ0n) is 17.6. The van der Waals surface area contributed by atoms with Crippen LogP contribution < -0.4 is 0 Å². The van der Waals surface area contributed by atoms with Gasteiger partial charge in [0, 0.05) is 9.81 Å². The molecule has 154 valence electrons. The molecular formula is C30H22S2. The molecule has 0 saturated carbocycles. The number of hydrogen-bond donors (Lipinski definition) is 0. The minimum absolute atomic E-state index is 1.00. The number of fused-ring (bicyclic) bond motifs is 2. The van der Waals surface area contributed by atoms with Crippen LogP contribution >= 0.6 is 21.6 Å². The van der Waals surface area contributed by atoms with E-state index < -0.39 is 0 Å². The molecule has 0 fully saturated rings.